The fraction of sp³-hybridized carbons (Fsp3) is 0.818. The number of unbranched alkanes of at least 4 members (excludes halogenated alkanes) is 4. The highest BCUT2D eigenvalue weighted by Gasteiger charge is 2.40. The molecule has 2 unspecified atom stereocenters. The zero-order chi connectivity index (χ0) is 18.4. The summed E-state index contributed by atoms with van der Waals surface area (Å²) in [6.07, 6.45) is 16.0. The second-order valence-corrected chi connectivity index (χ2v) is 8.74. The van der Waals surface area contributed by atoms with E-state index in [1.807, 2.05) is 0 Å². The summed E-state index contributed by atoms with van der Waals surface area (Å²) in [6.45, 7) is 10.4. The molecule has 0 saturated carbocycles. The van der Waals surface area contributed by atoms with Crippen LogP contribution in [0.4, 0.5) is 5.95 Å². The van der Waals surface area contributed by atoms with E-state index in [1.165, 1.54) is 70.0 Å². The maximum Gasteiger partial charge on any atom is 0.225 e. The first-order valence-electron chi connectivity index (χ1n) is 11.0. The number of hydrogen-bond donors (Lipinski definition) is 0. The van der Waals surface area contributed by atoms with Gasteiger partial charge in [0.15, 0.2) is 0 Å². The molecule has 26 heavy (non-hydrogen) atoms. The Hall–Kier alpha value is -1.16. The van der Waals surface area contributed by atoms with Gasteiger partial charge in [0.05, 0.1) is 0 Å². The van der Waals surface area contributed by atoms with E-state index in [0.717, 1.165) is 24.8 Å². The molecule has 0 aromatic carbocycles. The Morgan fingerprint density at radius 1 is 0.962 bits per heavy atom. The summed E-state index contributed by atoms with van der Waals surface area (Å²) in [5.74, 6) is 1.82. The number of nitrogens with zero attached hydrogens (tertiary/aromatic N) is 4. The van der Waals surface area contributed by atoms with E-state index >= 15 is 0 Å². The Balaban J connectivity index is 1.40. The Kier molecular flexibility index (Phi) is 7.30. The number of likely N-dealkylation sites (N-methyl/N-ethyl adjacent to an activating group) is 1. The number of aryl methyl sites for hydroxylation is 1. The van der Waals surface area contributed by atoms with Gasteiger partial charge in [-0.1, -0.05) is 52.9 Å². The van der Waals surface area contributed by atoms with E-state index in [9.17, 15) is 0 Å². The molecule has 1 aromatic rings. The van der Waals surface area contributed by atoms with Gasteiger partial charge >= 0.3 is 0 Å². The summed E-state index contributed by atoms with van der Waals surface area (Å²) in [5.41, 5.74) is 1.30. The second kappa shape index (κ2) is 9.68. The molecule has 0 aliphatic carbocycles. The lowest BCUT2D eigenvalue weighted by Crippen LogP contribution is -2.54. The first-order chi connectivity index (χ1) is 12.7. The Labute approximate surface area is 160 Å². The van der Waals surface area contributed by atoms with Gasteiger partial charge in [0.25, 0.3) is 0 Å². The van der Waals surface area contributed by atoms with Crippen molar-refractivity contribution in [1.82, 2.24) is 14.9 Å². The molecule has 0 amide bonds. The van der Waals surface area contributed by atoms with Crippen molar-refractivity contribution >= 4 is 5.95 Å². The monoisotopic (exact) mass is 358 g/mol. The van der Waals surface area contributed by atoms with Crippen molar-refractivity contribution in [1.29, 1.82) is 0 Å². The van der Waals surface area contributed by atoms with E-state index in [4.69, 9.17) is 9.97 Å². The molecule has 0 N–H and O–H groups in total. The summed E-state index contributed by atoms with van der Waals surface area (Å²) in [5, 5.41) is 0. The highest BCUT2D eigenvalue weighted by Crippen LogP contribution is 2.32. The lowest BCUT2D eigenvalue weighted by molar-refractivity contribution is 0.228. The average Bonchev–Trinajstić information content (AvgIpc) is 2.91. The van der Waals surface area contributed by atoms with E-state index in [1.54, 1.807) is 0 Å². The third-order valence-electron chi connectivity index (χ3n) is 6.17. The number of hydrogen-bond acceptors (Lipinski definition) is 4. The standard InChI is InChI=1S/C22H38N4/c1-4-25-16-20-12-13-21(17-25)26(20)22-23-14-19(15-24-22)11-9-7-5-6-8-10-18(2)3/h14-15,18,20-21H,4-13,16-17H2,1-3H3. The van der Waals surface area contributed by atoms with Gasteiger partial charge in [0.1, 0.15) is 0 Å². The van der Waals surface area contributed by atoms with Crippen molar-refractivity contribution in [2.45, 2.75) is 90.6 Å². The molecule has 2 aliphatic heterocycles. The molecule has 2 atom stereocenters. The van der Waals surface area contributed by atoms with E-state index < -0.39 is 0 Å². The van der Waals surface area contributed by atoms with Crippen LogP contribution in [-0.2, 0) is 6.42 Å². The van der Waals surface area contributed by atoms with E-state index in [-0.39, 0.29) is 0 Å². The quantitative estimate of drug-likeness (QED) is 0.568. The van der Waals surface area contributed by atoms with Crippen LogP contribution >= 0.6 is 0 Å². The zero-order valence-electron chi connectivity index (χ0n) is 17.2. The normalized spacial score (nSPS) is 23.2. The van der Waals surface area contributed by atoms with Gasteiger partial charge in [-0.3, -0.25) is 4.90 Å². The highest BCUT2D eigenvalue weighted by molar-refractivity contribution is 5.37. The fourth-order valence-electron chi connectivity index (χ4n) is 4.60. The maximum absolute atomic E-state index is 4.74. The largest absolute Gasteiger partial charge is 0.332 e. The van der Waals surface area contributed by atoms with Crippen LogP contribution in [0, 0.1) is 5.92 Å². The fourth-order valence-corrected chi connectivity index (χ4v) is 4.60. The molecule has 0 radical (unpaired) electrons. The number of aromatic nitrogens is 2. The molecule has 3 heterocycles. The van der Waals surface area contributed by atoms with Crippen LogP contribution < -0.4 is 4.90 Å². The third kappa shape index (κ3) is 5.18. The van der Waals surface area contributed by atoms with Gasteiger partial charge in [0, 0.05) is 37.6 Å². The molecule has 0 spiro atoms. The van der Waals surface area contributed by atoms with Crippen LogP contribution in [0.3, 0.4) is 0 Å². The lowest BCUT2D eigenvalue weighted by Gasteiger charge is -2.40. The van der Waals surface area contributed by atoms with Crippen LogP contribution in [0.2, 0.25) is 0 Å². The highest BCUT2D eigenvalue weighted by atomic mass is 15.4. The number of piperazine rings is 1. The third-order valence-corrected chi connectivity index (χ3v) is 6.17. The Bertz CT molecular complexity index is 513. The van der Waals surface area contributed by atoms with Crippen molar-refractivity contribution in [3.63, 3.8) is 0 Å². The number of likely N-dealkylation sites (tertiary alicyclic amines) is 1. The van der Waals surface area contributed by atoms with Crippen LogP contribution in [0.25, 0.3) is 0 Å². The minimum atomic E-state index is 0.616. The molecule has 2 aliphatic rings. The summed E-state index contributed by atoms with van der Waals surface area (Å²) >= 11 is 0. The molecular weight excluding hydrogens is 320 g/mol. The maximum atomic E-state index is 4.74. The molecule has 4 heteroatoms. The minimum Gasteiger partial charge on any atom is -0.332 e. The number of fused-ring (bicyclic) bond motifs is 2. The summed E-state index contributed by atoms with van der Waals surface area (Å²) in [6, 6.07) is 1.23. The van der Waals surface area contributed by atoms with Gasteiger partial charge in [-0.25, -0.2) is 9.97 Å². The molecule has 1 aromatic heterocycles. The van der Waals surface area contributed by atoms with E-state index in [2.05, 4.69) is 43.0 Å². The average molecular weight is 359 g/mol. The van der Waals surface area contributed by atoms with E-state index in [0.29, 0.717) is 12.1 Å². The van der Waals surface area contributed by atoms with Gasteiger partial charge in [-0.05, 0) is 43.7 Å². The van der Waals surface area contributed by atoms with Gasteiger partial charge in [-0.2, -0.15) is 0 Å². The van der Waals surface area contributed by atoms with Crippen LogP contribution in [-0.4, -0.2) is 46.6 Å². The summed E-state index contributed by atoms with van der Waals surface area (Å²) < 4.78 is 0. The molecular formula is C22H38N4. The predicted molar refractivity (Wildman–Crippen MR) is 110 cm³/mol. The Morgan fingerprint density at radius 3 is 2.19 bits per heavy atom. The predicted octanol–water partition coefficient (Wildman–Crippen LogP) is 4.69. The number of anilines is 1. The van der Waals surface area contributed by atoms with Crippen molar-refractivity contribution in [2.24, 2.45) is 5.92 Å². The summed E-state index contributed by atoms with van der Waals surface area (Å²) in [7, 11) is 0. The first-order valence-corrected chi connectivity index (χ1v) is 11.0. The van der Waals surface area contributed by atoms with Gasteiger partial charge in [-0.15, -0.1) is 0 Å². The van der Waals surface area contributed by atoms with Crippen molar-refractivity contribution in [3.8, 4) is 0 Å². The van der Waals surface area contributed by atoms with Crippen LogP contribution in [0.1, 0.15) is 77.7 Å². The SMILES string of the molecule is CCN1CC2CCC(C1)N2c1ncc(CCCCCCCC(C)C)cn1. The second-order valence-electron chi connectivity index (χ2n) is 8.74. The van der Waals surface area contributed by atoms with Crippen molar-refractivity contribution in [2.75, 3.05) is 24.5 Å². The molecule has 2 fully saturated rings. The van der Waals surface area contributed by atoms with Crippen LogP contribution in [0.5, 0.6) is 0 Å². The smallest absolute Gasteiger partial charge is 0.225 e. The first kappa shape index (κ1) is 19.6. The van der Waals surface area contributed by atoms with Gasteiger partial charge < -0.3 is 4.90 Å². The molecule has 4 nitrogen and oxygen atoms in total. The molecule has 146 valence electrons. The zero-order valence-corrected chi connectivity index (χ0v) is 17.2. The molecule has 2 saturated heterocycles. The van der Waals surface area contributed by atoms with Crippen molar-refractivity contribution < 1.29 is 0 Å². The Morgan fingerprint density at radius 2 is 1.58 bits per heavy atom. The minimum absolute atomic E-state index is 0.616. The van der Waals surface area contributed by atoms with Crippen LogP contribution in [0.15, 0.2) is 12.4 Å². The lowest BCUT2D eigenvalue weighted by atomic mass is 10.0. The topological polar surface area (TPSA) is 32.3 Å². The molecule has 2 bridgehead atoms. The number of rotatable bonds is 10. The summed E-state index contributed by atoms with van der Waals surface area (Å²) in [4.78, 5) is 14.6. The molecule has 3 rings (SSSR count). The van der Waals surface area contributed by atoms with Crippen molar-refractivity contribution in [3.05, 3.63) is 18.0 Å². The van der Waals surface area contributed by atoms with Gasteiger partial charge in [0.2, 0.25) is 5.95 Å².